The molecule has 11 atom stereocenters. The van der Waals surface area contributed by atoms with Gasteiger partial charge in [0.15, 0.2) is 30.9 Å². The molecule has 3 aliphatic heterocycles. The number of methoxy groups -OCH3 is 1. The van der Waals surface area contributed by atoms with E-state index < -0.39 is 110 Å². The molecule has 3 aliphatic rings. The molecule has 7 aromatic rings. The molecule has 0 saturated carbocycles. The van der Waals surface area contributed by atoms with Crippen molar-refractivity contribution in [3.8, 4) is 5.75 Å². The van der Waals surface area contributed by atoms with Crippen LogP contribution >= 0.6 is 0 Å². The molecule has 1 unspecified atom stereocenters. The second-order valence-corrected chi connectivity index (χ2v) is 18.4. The normalized spacial score (nSPS) is 24.1. The van der Waals surface area contributed by atoms with Crippen molar-refractivity contribution in [3.05, 3.63) is 245 Å². The zero-order valence-electron chi connectivity index (χ0n) is 42.7. The van der Waals surface area contributed by atoms with Crippen molar-refractivity contribution in [1.29, 1.82) is 0 Å². The van der Waals surface area contributed by atoms with E-state index in [9.17, 15) is 28.8 Å². The number of carbonyl (C=O) groups is 6. The SMILES string of the molecule is COC(=O)c1ccc(O[C@@H]2O[C@H](COC(=O)c3ccccc3)[C@@H](O[C@@H]3O[C@@H]4COC(c5ccccc5)O[C@@H]4[C@H](OC(=O)c4ccccc4)[C@H]3OC(=O)c3ccccc3)[C@H](OC(=O)c3ccccc3)[C@H]2OC(=O)c2ccccc2)cc1. The second kappa shape index (κ2) is 25.6. The van der Waals surface area contributed by atoms with Gasteiger partial charge < -0.3 is 56.8 Å². The summed E-state index contributed by atoms with van der Waals surface area (Å²) >= 11 is 0. The molecule has 3 saturated heterocycles. The highest BCUT2D eigenvalue weighted by Gasteiger charge is 2.59. The number of fused-ring (bicyclic) bond motifs is 1. The first-order chi connectivity index (χ1) is 39.1. The van der Waals surface area contributed by atoms with Crippen LogP contribution in [0.5, 0.6) is 5.75 Å². The first-order valence-corrected chi connectivity index (χ1v) is 25.5. The Balaban J connectivity index is 1.10. The number of esters is 6. The minimum absolute atomic E-state index is 0.0672. The number of carbonyl (C=O) groups excluding carboxylic acids is 6. The smallest absolute Gasteiger partial charge is 0.338 e. The molecule has 18 heteroatoms. The fourth-order valence-electron chi connectivity index (χ4n) is 9.18. The molecule has 10 rings (SSSR count). The Labute approximate surface area is 458 Å². The molecule has 408 valence electrons. The Morgan fingerprint density at radius 3 is 1.30 bits per heavy atom. The summed E-state index contributed by atoms with van der Waals surface area (Å²) in [6.07, 6.45) is -16.9. The Kier molecular flexibility index (Phi) is 17.4. The van der Waals surface area contributed by atoms with Crippen LogP contribution in [-0.4, -0.2) is 118 Å². The molecule has 0 amide bonds. The number of ether oxygens (including phenoxy) is 12. The zero-order valence-corrected chi connectivity index (χ0v) is 42.7. The standard InChI is InChI=1S/C62H52O18/c1-69-54(63)43-32-34-45(35-33-43)72-61-52(77-58(67)41-26-14-5-15-27-41)51(76-57(66)40-24-12-4-13-25-40)49(46(73-61)36-70-55(64)38-20-8-2-9-21-38)80-62-53(78-59(68)42-28-16-6-17-29-42)50(75-56(65)39-22-10-3-11-23-39)48-47(74-62)37-71-60(79-48)44-30-18-7-19-31-44/h2-35,46-53,60-62H,36-37H2,1H3/t46-,47-,48+,49-,50+,51+,52-,53-,60?,61-,62+/m1/s1. The summed E-state index contributed by atoms with van der Waals surface area (Å²) in [5, 5.41) is 0. The van der Waals surface area contributed by atoms with Crippen LogP contribution in [0.3, 0.4) is 0 Å². The Morgan fingerprint density at radius 1 is 0.412 bits per heavy atom. The monoisotopic (exact) mass is 1080 g/mol. The third-order valence-corrected chi connectivity index (χ3v) is 13.2. The van der Waals surface area contributed by atoms with E-state index in [0.29, 0.717) is 5.56 Å². The van der Waals surface area contributed by atoms with Gasteiger partial charge in [-0.05, 0) is 84.9 Å². The predicted molar refractivity (Wildman–Crippen MR) is 280 cm³/mol. The van der Waals surface area contributed by atoms with Crippen LogP contribution < -0.4 is 4.74 Å². The largest absolute Gasteiger partial charge is 0.465 e. The minimum Gasteiger partial charge on any atom is -0.465 e. The van der Waals surface area contributed by atoms with Crippen molar-refractivity contribution >= 4 is 35.8 Å². The van der Waals surface area contributed by atoms with Gasteiger partial charge in [0.2, 0.25) is 12.4 Å². The topological polar surface area (TPSA) is 213 Å². The Hall–Kier alpha value is -9.04. The van der Waals surface area contributed by atoms with E-state index in [0.717, 1.165) is 0 Å². The van der Waals surface area contributed by atoms with Crippen LogP contribution in [0.1, 0.15) is 74.0 Å². The average Bonchev–Trinajstić information content (AvgIpc) is 3.53. The highest BCUT2D eigenvalue weighted by molar-refractivity contribution is 5.92. The molecular formula is C62H52O18. The molecule has 0 spiro atoms. The van der Waals surface area contributed by atoms with Crippen molar-refractivity contribution < 1.29 is 85.6 Å². The molecule has 0 aliphatic carbocycles. The van der Waals surface area contributed by atoms with Crippen LogP contribution in [0.15, 0.2) is 206 Å². The molecular weight excluding hydrogens is 1030 g/mol. The highest BCUT2D eigenvalue weighted by Crippen LogP contribution is 2.40. The van der Waals surface area contributed by atoms with E-state index in [2.05, 4.69) is 0 Å². The van der Waals surface area contributed by atoms with Gasteiger partial charge in [-0.1, -0.05) is 121 Å². The number of benzene rings is 7. The number of hydrogen-bond acceptors (Lipinski definition) is 18. The van der Waals surface area contributed by atoms with E-state index in [4.69, 9.17) is 56.8 Å². The zero-order chi connectivity index (χ0) is 55.4. The van der Waals surface area contributed by atoms with Crippen LogP contribution in [0, 0.1) is 0 Å². The summed E-state index contributed by atoms with van der Waals surface area (Å²) < 4.78 is 76.1. The van der Waals surface area contributed by atoms with Crippen LogP contribution in [0.4, 0.5) is 0 Å². The van der Waals surface area contributed by atoms with Gasteiger partial charge in [0.05, 0.1) is 47.1 Å². The van der Waals surface area contributed by atoms with E-state index in [1.165, 1.54) is 79.9 Å². The Morgan fingerprint density at radius 2 is 0.825 bits per heavy atom. The number of rotatable bonds is 17. The van der Waals surface area contributed by atoms with Gasteiger partial charge in [0.1, 0.15) is 36.8 Å². The van der Waals surface area contributed by atoms with E-state index in [1.807, 2.05) is 6.07 Å². The van der Waals surface area contributed by atoms with Crippen molar-refractivity contribution in [2.75, 3.05) is 20.3 Å². The van der Waals surface area contributed by atoms with E-state index >= 15 is 0 Å². The summed E-state index contributed by atoms with van der Waals surface area (Å²) in [6, 6.07) is 54.8. The third kappa shape index (κ3) is 12.9. The van der Waals surface area contributed by atoms with Crippen molar-refractivity contribution in [2.24, 2.45) is 0 Å². The summed E-state index contributed by atoms with van der Waals surface area (Å²) in [7, 11) is 1.23. The lowest BCUT2D eigenvalue weighted by atomic mass is 9.95. The van der Waals surface area contributed by atoms with Crippen molar-refractivity contribution in [1.82, 2.24) is 0 Å². The fraction of sp³-hybridized carbons (Fsp3) is 0.226. The summed E-state index contributed by atoms with van der Waals surface area (Å²) in [5.74, 6) is -4.89. The molecule has 0 N–H and O–H groups in total. The van der Waals surface area contributed by atoms with Crippen LogP contribution in [0.2, 0.25) is 0 Å². The van der Waals surface area contributed by atoms with Gasteiger partial charge in [0.25, 0.3) is 0 Å². The molecule has 0 bridgehead atoms. The average molecular weight is 1090 g/mol. The summed E-state index contributed by atoms with van der Waals surface area (Å²) in [4.78, 5) is 84.1. The maximum atomic E-state index is 14.6. The third-order valence-electron chi connectivity index (χ3n) is 13.2. The minimum atomic E-state index is -1.81. The van der Waals surface area contributed by atoms with Crippen LogP contribution in [-0.2, 0) is 52.1 Å². The lowest BCUT2D eigenvalue weighted by Crippen LogP contribution is -2.68. The first-order valence-electron chi connectivity index (χ1n) is 25.5. The maximum absolute atomic E-state index is 14.6. The summed E-state index contributed by atoms with van der Waals surface area (Å²) in [5.41, 5.74) is 1.38. The van der Waals surface area contributed by atoms with E-state index in [1.54, 1.807) is 127 Å². The summed E-state index contributed by atoms with van der Waals surface area (Å²) in [6.45, 7) is -0.834. The second-order valence-electron chi connectivity index (χ2n) is 18.4. The molecule has 3 heterocycles. The van der Waals surface area contributed by atoms with Crippen molar-refractivity contribution in [2.45, 2.75) is 67.7 Å². The Bertz CT molecular complexity index is 3210. The first kappa shape index (κ1) is 54.3. The van der Waals surface area contributed by atoms with Crippen molar-refractivity contribution in [3.63, 3.8) is 0 Å². The predicted octanol–water partition coefficient (Wildman–Crippen LogP) is 8.56. The molecule has 0 radical (unpaired) electrons. The van der Waals surface area contributed by atoms with E-state index in [-0.39, 0.29) is 45.7 Å². The van der Waals surface area contributed by atoms with Gasteiger partial charge in [-0.3, -0.25) is 0 Å². The number of hydrogen-bond donors (Lipinski definition) is 0. The molecule has 80 heavy (non-hydrogen) atoms. The molecule has 3 fully saturated rings. The maximum Gasteiger partial charge on any atom is 0.338 e. The lowest BCUT2D eigenvalue weighted by Gasteiger charge is -2.50. The van der Waals surface area contributed by atoms with Crippen LogP contribution in [0.25, 0.3) is 0 Å². The van der Waals surface area contributed by atoms with Gasteiger partial charge in [-0.2, -0.15) is 0 Å². The van der Waals surface area contributed by atoms with Gasteiger partial charge >= 0.3 is 35.8 Å². The molecule has 7 aromatic carbocycles. The molecule has 18 nitrogen and oxygen atoms in total. The van der Waals surface area contributed by atoms with Gasteiger partial charge in [-0.15, -0.1) is 0 Å². The molecule has 0 aromatic heterocycles. The van der Waals surface area contributed by atoms with Gasteiger partial charge in [-0.25, -0.2) is 28.8 Å². The fourth-order valence-corrected chi connectivity index (χ4v) is 9.18. The quantitative estimate of drug-likeness (QED) is 0.0617. The highest BCUT2D eigenvalue weighted by atomic mass is 16.8. The van der Waals surface area contributed by atoms with Gasteiger partial charge in [0, 0.05) is 5.56 Å². The lowest BCUT2D eigenvalue weighted by molar-refractivity contribution is -0.380.